The van der Waals surface area contributed by atoms with Gasteiger partial charge in [0.15, 0.2) is 0 Å². The van der Waals surface area contributed by atoms with Gasteiger partial charge in [-0.2, -0.15) is 0 Å². The fourth-order valence-electron chi connectivity index (χ4n) is 6.14. The normalized spacial score (nSPS) is 43.4. The van der Waals surface area contributed by atoms with E-state index in [-0.39, 0.29) is 17.3 Å². The Balaban J connectivity index is 1.77. The van der Waals surface area contributed by atoms with Crippen LogP contribution in [0.2, 0.25) is 0 Å². The summed E-state index contributed by atoms with van der Waals surface area (Å²) in [5, 5.41) is 9.24. The number of hydrogen-bond acceptors (Lipinski definition) is 2. The minimum atomic E-state index is -0.747. The van der Waals surface area contributed by atoms with E-state index in [2.05, 4.69) is 38.2 Å². The third kappa shape index (κ3) is 2.03. The summed E-state index contributed by atoms with van der Waals surface area (Å²) in [6, 6.07) is 0. The van der Waals surface area contributed by atoms with Gasteiger partial charge in [-0.1, -0.05) is 43.7 Å². The van der Waals surface area contributed by atoms with E-state index in [4.69, 9.17) is 0 Å². The van der Waals surface area contributed by atoms with Crippen molar-refractivity contribution in [2.24, 2.45) is 28.6 Å². The highest BCUT2D eigenvalue weighted by Crippen LogP contribution is 2.62. The lowest BCUT2D eigenvalue weighted by Crippen LogP contribution is -2.48. The first kappa shape index (κ1) is 15.9. The van der Waals surface area contributed by atoms with Crippen LogP contribution in [0.15, 0.2) is 35.5 Å². The van der Waals surface area contributed by atoms with Gasteiger partial charge in [-0.3, -0.25) is 9.59 Å². The molecule has 4 aliphatic rings. The van der Waals surface area contributed by atoms with E-state index in [1.807, 2.05) is 0 Å². The Morgan fingerprint density at radius 1 is 1.29 bits per heavy atom. The van der Waals surface area contributed by atoms with Crippen molar-refractivity contribution in [3.63, 3.8) is 0 Å². The number of allylic oxidation sites excluding steroid dienone is 5. The zero-order valence-corrected chi connectivity index (χ0v) is 14.5. The van der Waals surface area contributed by atoms with Crippen LogP contribution in [-0.4, -0.2) is 16.9 Å². The molecule has 0 bridgehead atoms. The third-order valence-corrected chi connectivity index (χ3v) is 7.45. The van der Waals surface area contributed by atoms with Gasteiger partial charge in [-0.15, -0.1) is 0 Å². The lowest BCUT2D eigenvalue weighted by molar-refractivity contribution is -0.136. The lowest BCUT2D eigenvalue weighted by Gasteiger charge is -2.53. The maximum Gasteiger partial charge on any atom is 0.307 e. The van der Waals surface area contributed by atoms with E-state index in [0.717, 1.165) is 37.7 Å². The Morgan fingerprint density at radius 2 is 2.08 bits per heavy atom. The topological polar surface area (TPSA) is 54.4 Å². The summed E-state index contributed by atoms with van der Waals surface area (Å²) >= 11 is 0. The molecular weight excluding hydrogens is 300 g/mol. The zero-order chi connectivity index (χ0) is 17.1. The molecule has 4 rings (SSSR count). The van der Waals surface area contributed by atoms with Crippen LogP contribution in [0.5, 0.6) is 0 Å². The number of carbonyl (C=O) groups excluding carboxylic acids is 1. The summed E-state index contributed by atoms with van der Waals surface area (Å²) in [6.45, 7) is 4.46. The molecule has 0 aromatic heterocycles. The highest BCUT2D eigenvalue weighted by molar-refractivity contribution is 5.87. The van der Waals surface area contributed by atoms with Crippen molar-refractivity contribution < 1.29 is 14.7 Å². The largest absolute Gasteiger partial charge is 0.481 e. The molecule has 0 aromatic rings. The average molecular weight is 326 g/mol. The molecule has 24 heavy (non-hydrogen) atoms. The molecule has 0 spiro atoms. The quantitative estimate of drug-likeness (QED) is 0.770. The lowest BCUT2D eigenvalue weighted by atomic mass is 9.50. The fourth-order valence-corrected chi connectivity index (χ4v) is 6.14. The molecule has 128 valence electrons. The predicted molar refractivity (Wildman–Crippen MR) is 92.3 cm³/mol. The number of carbonyl (C=O) groups is 2. The molecular formula is C21H26O3. The van der Waals surface area contributed by atoms with Crippen LogP contribution in [-0.2, 0) is 9.59 Å². The first-order valence-corrected chi connectivity index (χ1v) is 9.20. The van der Waals surface area contributed by atoms with Gasteiger partial charge in [0.05, 0.1) is 6.42 Å². The van der Waals surface area contributed by atoms with Crippen LogP contribution >= 0.6 is 0 Å². The summed E-state index contributed by atoms with van der Waals surface area (Å²) in [5.74, 6) is 1.09. The Hall–Kier alpha value is -1.64. The number of carboxylic acid groups (broad SMARTS) is 1. The molecule has 1 N–H and O–H groups in total. The van der Waals surface area contributed by atoms with Crippen LogP contribution in [0.1, 0.15) is 52.4 Å². The van der Waals surface area contributed by atoms with Crippen LogP contribution in [0.25, 0.3) is 0 Å². The molecule has 0 radical (unpaired) electrons. The Kier molecular flexibility index (Phi) is 3.42. The molecule has 0 amide bonds. The summed E-state index contributed by atoms with van der Waals surface area (Å²) in [6.07, 6.45) is 13.6. The van der Waals surface area contributed by atoms with Crippen molar-refractivity contribution in [3.8, 4) is 0 Å². The molecule has 0 aliphatic heterocycles. The molecule has 2 saturated carbocycles. The van der Waals surface area contributed by atoms with E-state index < -0.39 is 5.97 Å². The van der Waals surface area contributed by atoms with Crippen molar-refractivity contribution in [2.45, 2.75) is 52.4 Å². The van der Waals surface area contributed by atoms with Crippen LogP contribution in [0, 0.1) is 28.6 Å². The summed E-state index contributed by atoms with van der Waals surface area (Å²) in [5.41, 5.74) is 2.07. The van der Waals surface area contributed by atoms with Gasteiger partial charge in [-0.25, -0.2) is 0 Å². The van der Waals surface area contributed by atoms with Crippen molar-refractivity contribution in [3.05, 3.63) is 35.5 Å². The Morgan fingerprint density at radius 3 is 2.83 bits per heavy atom. The van der Waals surface area contributed by atoms with Crippen molar-refractivity contribution in [2.75, 3.05) is 0 Å². The monoisotopic (exact) mass is 326 g/mol. The maximum absolute atomic E-state index is 12.4. The molecule has 0 saturated heterocycles. The van der Waals surface area contributed by atoms with E-state index >= 15 is 0 Å². The number of ketones is 1. The first-order chi connectivity index (χ1) is 11.4. The third-order valence-electron chi connectivity index (χ3n) is 7.45. The fraction of sp³-hybridized carbons (Fsp3) is 0.619. The van der Waals surface area contributed by atoms with Gasteiger partial charge in [0.25, 0.3) is 0 Å². The standard InChI is InChI=1S/C21H26O3/c1-20-10-3-4-13(12-19(23)24)15(20)6-5-14-16-7-8-18(22)21(16,2)11-9-17(14)20/h3,5-6,10,14,16-17H,4,7-9,11-12H2,1-2H3,(H,23,24)/t14-,16-,17-,20-,21-/m0/s1. The zero-order valence-electron chi connectivity index (χ0n) is 14.5. The molecule has 2 fully saturated rings. The van der Waals surface area contributed by atoms with Gasteiger partial charge in [0, 0.05) is 17.3 Å². The number of carboxylic acids is 1. The summed E-state index contributed by atoms with van der Waals surface area (Å²) in [7, 11) is 0. The number of rotatable bonds is 2. The summed E-state index contributed by atoms with van der Waals surface area (Å²) in [4.78, 5) is 23.7. The van der Waals surface area contributed by atoms with Crippen molar-refractivity contribution in [1.29, 1.82) is 0 Å². The van der Waals surface area contributed by atoms with Gasteiger partial charge >= 0.3 is 5.97 Å². The molecule has 5 atom stereocenters. The smallest absolute Gasteiger partial charge is 0.307 e. The van der Waals surface area contributed by atoms with Crippen molar-refractivity contribution in [1.82, 2.24) is 0 Å². The number of Topliss-reactive ketones (excluding diaryl/α,β-unsaturated/α-hetero) is 1. The second kappa shape index (κ2) is 5.18. The SMILES string of the molecule is C[C@]12C=CCC(CC(=O)O)=C1C=C[C@@H]1[C@@H]2CC[C@]2(C)C(=O)CC[C@@H]12. The van der Waals surface area contributed by atoms with Gasteiger partial charge in [0.1, 0.15) is 5.78 Å². The Labute approximate surface area is 143 Å². The van der Waals surface area contributed by atoms with E-state index in [1.54, 1.807) is 0 Å². The number of fused-ring (bicyclic) bond motifs is 5. The molecule has 0 unspecified atom stereocenters. The predicted octanol–water partition coefficient (Wildman–Crippen LogP) is 4.31. The van der Waals surface area contributed by atoms with Gasteiger partial charge < -0.3 is 5.11 Å². The summed E-state index contributed by atoms with van der Waals surface area (Å²) < 4.78 is 0. The number of aliphatic carboxylic acids is 1. The van der Waals surface area contributed by atoms with E-state index in [1.165, 1.54) is 5.57 Å². The molecule has 4 aliphatic carbocycles. The van der Waals surface area contributed by atoms with Crippen LogP contribution in [0.4, 0.5) is 0 Å². The minimum absolute atomic E-state index is 0.0740. The first-order valence-electron chi connectivity index (χ1n) is 9.20. The average Bonchev–Trinajstić information content (AvgIpc) is 2.82. The van der Waals surface area contributed by atoms with Crippen molar-refractivity contribution >= 4 is 11.8 Å². The Bertz CT molecular complexity index is 698. The molecule has 0 heterocycles. The second-order valence-corrected chi connectivity index (χ2v) is 8.54. The molecule has 3 nitrogen and oxygen atoms in total. The highest BCUT2D eigenvalue weighted by atomic mass is 16.4. The molecule has 0 aromatic carbocycles. The number of hydrogen-bond donors (Lipinski definition) is 1. The van der Waals surface area contributed by atoms with Crippen LogP contribution < -0.4 is 0 Å². The minimum Gasteiger partial charge on any atom is -0.481 e. The van der Waals surface area contributed by atoms with Gasteiger partial charge in [0.2, 0.25) is 0 Å². The van der Waals surface area contributed by atoms with Crippen LogP contribution in [0.3, 0.4) is 0 Å². The van der Waals surface area contributed by atoms with E-state index in [0.29, 0.717) is 23.5 Å². The second-order valence-electron chi connectivity index (χ2n) is 8.54. The van der Waals surface area contributed by atoms with E-state index in [9.17, 15) is 14.7 Å². The van der Waals surface area contributed by atoms with Gasteiger partial charge in [-0.05, 0) is 49.0 Å². The maximum atomic E-state index is 12.4. The highest BCUT2D eigenvalue weighted by Gasteiger charge is 2.57. The molecule has 3 heteroatoms.